The number of carboxylic acids is 2. The van der Waals surface area contributed by atoms with Crippen molar-refractivity contribution in [3.63, 3.8) is 0 Å². The molecule has 2 aromatic carbocycles. The Balaban J connectivity index is 1.72. The summed E-state index contributed by atoms with van der Waals surface area (Å²) in [4.78, 5) is 33.8. The lowest BCUT2D eigenvalue weighted by Gasteiger charge is -2.19. The zero-order valence-electron chi connectivity index (χ0n) is 14.0. The van der Waals surface area contributed by atoms with E-state index in [0.29, 0.717) is 0 Å². The predicted molar refractivity (Wildman–Crippen MR) is 93.3 cm³/mol. The zero-order valence-corrected chi connectivity index (χ0v) is 14.0. The summed E-state index contributed by atoms with van der Waals surface area (Å²) in [7, 11) is 0. The van der Waals surface area contributed by atoms with Crippen molar-refractivity contribution in [1.29, 1.82) is 0 Å². The van der Waals surface area contributed by atoms with Crippen molar-refractivity contribution in [2.45, 2.75) is 18.1 Å². The normalized spacial score (nSPS) is 14.6. The highest BCUT2D eigenvalue weighted by Crippen LogP contribution is 2.44. The highest BCUT2D eigenvalue weighted by molar-refractivity contribution is 5.87. The van der Waals surface area contributed by atoms with E-state index in [1.165, 1.54) is 0 Å². The number of rotatable bonds is 6. The molecule has 0 saturated carbocycles. The second-order valence-electron chi connectivity index (χ2n) is 6.07. The predicted octanol–water partition coefficient (Wildman–Crippen LogP) is 1.42. The molecule has 0 fully saturated rings. The average Bonchev–Trinajstić information content (AvgIpc) is 2.97. The van der Waals surface area contributed by atoms with Gasteiger partial charge in [-0.05, 0) is 22.3 Å². The minimum Gasteiger partial charge on any atom is -0.480 e. The smallest absolute Gasteiger partial charge is 0.407 e. The molecule has 1 aliphatic rings. The number of aliphatic hydroxyl groups is 1. The molecule has 0 spiro atoms. The summed E-state index contributed by atoms with van der Waals surface area (Å²) in [6.45, 7) is -0.0602. The number of ether oxygens (including phenoxy) is 1. The Morgan fingerprint density at radius 2 is 1.44 bits per heavy atom. The summed E-state index contributed by atoms with van der Waals surface area (Å²) in [6.07, 6.45) is -3.41. The molecule has 2 atom stereocenters. The topological polar surface area (TPSA) is 133 Å². The van der Waals surface area contributed by atoms with Crippen LogP contribution in [-0.2, 0) is 14.3 Å². The minimum atomic E-state index is -2.29. The zero-order chi connectivity index (χ0) is 19.6. The molecule has 0 saturated heterocycles. The largest absolute Gasteiger partial charge is 0.480 e. The van der Waals surface area contributed by atoms with Crippen LogP contribution in [-0.4, -0.2) is 52.1 Å². The first kappa shape index (κ1) is 18.4. The van der Waals surface area contributed by atoms with E-state index in [-0.39, 0.29) is 12.5 Å². The molecule has 3 rings (SSSR count). The van der Waals surface area contributed by atoms with Gasteiger partial charge in [0.1, 0.15) is 6.61 Å². The number of fused-ring (bicyclic) bond motifs is 3. The molecule has 8 heteroatoms. The van der Waals surface area contributed by atoms with Crippen LogP contribution in [0.15, 0.2) is 48.5 Å². The van der Waals surface area contributed by atoms with Crippen LogP contribution in [0.2, 0.25) is 0 Å². The van der Waals surface area contributed by atoms with Crippen molar-refractivity contribution >= 4 is 18.0 Å². The third-order valence-corrected chi connectivity index (χ3v) is 4.45. The number of benzene rings is 2. The number of amides is 1. The van der Waals surface area contributed by atoms with Gasteiger partial charge in [0.25, 0.3) is 0 Å². The monoisotopic (exact) mass is 371 g/mol. The van der Waals surface area contributed by atoms with Crippen LogP contribution >= 0.6 is 0 Å². The number of alkyl carbamates (subject to hydrolysis) is 1. The number of carbonyl (C=O) groups is 3. The number of carboxylic acid groups (broad SMARTS) is 2. The lowest BCUT2D eigenvalue weighted by molar-refractivity contribution is -0.155. The maximum atomic E-state index is 12.0. The van der Waals surface area contributed by atoms with Crippen molar-refractivity contribution in [1.82, 2.24) is 5.32 Å². The highest BCUT2D eigenvalue weighted by Gasteiger charge is 2.35. The van der Waals surface area contributed by atoms with Crippen molar-refractivity contribution in [2.75, 3.05) is 6.61 Å². The van der Waals surface area contributed by atoms with Gasteiger partial charge in [0.15, 0.2) is 12.1 Å². The van der Waals surface area contributed by atoms with Gasteiger partial charge in [0.2, 0.25) is 0 Å². The first-order chi connectivity index (χ1) is 12.9. The van der Waals surface area contributed by atoms with Gasteiger partial charge in [-0.1, -0.05) is 48.5 Å². The van der Waals surface area contributed by atoms with Gasteiger partial charge in [0, 0.05) is 5.92 Å². The molecule has 140 valence electrons. The first-order valence-corrected chi connectivity index (χ1v) is 8.15. The SMILES string of the molecule is O=C(NC(C(=O)O)C(O)C(=O)O)OCC1c2ccccc2-c2ccccc21. The second kappa shape index (κ2) is 7.46. The van der Waals surface area contributed by atoms with Crippen molar-refractivity contribution in [3.05, 3.63) is 59.7 Å². The quantitative estimate of drug-likeness (QED) is 0.603. The number of aliphatic hydroxyl groups excluding tert-OH is 1. The van der Waals surface area contributed by atoms with Crippen LogP contribution in [0.5, 0.6) is 0 Å². The Kier molecular flexibility index (Phi) is 5.09. The standard InChI is InChI=1S/C19H17NO7/c21-16(18(24)25)15(17(22)23)20-19(26)27-9-14-12-7-3-1-5-10(12)11-6-2-4-8-13(11)14/h1-8,14-16,21H,9H2,(H,20,26)(H,22,23)(H,24,25). The van der Waals surface area contributed by atoms with Crippen LogP contribution in [0.4, 0.5) is 4.79 Å². The Morgan fingerprint density at radius 1 is 0.926 bits per heavy atom. The fourth-order valence-electron chi connectivity index (χ4n) is 3.19. The van der Waals surface area contributed by atoms with E-state index in [2.05, 4.69) is 0 Å². The van der Waals surface area contributed by atoms with Gasteiger partial charge in [-0.15, -0.1) is 0 Å². The molecular weight excluding hydrogens is 354 g/mol. The fourth-order valence-corrected chi connectivity index (χ4v) is 3.19. The van der Waals surface area contributed by atoms with E-state index in [1.54, 1.807) is 0 Å². The molecule has 27 heavy (non-hydrogen) atoms. The number of hydrogen-bond donors (Lipinski definition) is 4. The average molecular weight is 371 g/mol. The first-order valence-electron chi connectivity index (χ1n) is 8.15. The molecule has 0 heterocycles. The summed E-state index contributed by atoms with van der Waals surface area (Å²) < 4.78 is 5.13. The number of hydrogen-bond acceptors (Lipinski definition) is 5. The third-order valence-electron chi connectivity index (χ3n) is 4.45. The summed E-state index contributed by atoms with van der Waals surface area (Å²) in [5, 5.41) is 29.0. The Hall–Kier alpha value is -3.39. The summed E-state index contributed by atoms with van der Waals surface area (Å²) >= 11 is 0. The van der Waals surface area contributed by atoms with Gasteiger partial charge in [-0.25, -0.2) is 14.4 Å². The van der Waals surface area contributed by atoms with E-state index in [0.717, 1.165) is 22.3 Å². The number of aliphatic carboxylic acids is 2. The molecule has 0 radical (unpaired) electrons. The molecule has 0 aromatic heterocycles. The van der Waals surface area contributed by atoms with Crippen molar-refractivity contribution < 1.29 is 34.4 Å². The number of nitrogens with one attached hydrogen (secondary N) is 1. The summed E-state index contributed by atoms with van der Waals surface area (Å²) in [5.41, 5.74) is 4.03. The number of carbonyl (C=O) groups excluding carboxylic acids is 1. The Morgan fingerprint density at radius 3 is 1.93 bits per heavy atom. The fraction of sp³-hybridized carbons (Fsp3) is 0.211. The lowest BCUT2D eigenvalue weighted by atomic mass is 9.98. The van der Waals surface area contributed by atoms with Crippen LogP contribution in [0.25, 0.3) is 11.1 Å². The molecule has 2 aromatic rings. The Bertz CT molecular complexity index is 850. The maximum absolute atomic E-state index is 12.0. The van der Waals surface area contributed by atoms with E-state index in [9.17, 15) is 19.5 Å². The summed E-state index contributed by atoms with van der Waals surface area (Å²) in [6, 6.07) is 13.4. The van der Waals surface area contributed by atoms with Crippen LogP contribution in [0.3, 0.4) is 0 Å². The molecule has 0 aliphatic heterocycles. The van der Waals surface area contributed by atoms with Gasteiger partial charge >= 0.3 is 18.0 Å². The van der Waals surface area contributed by atoms with E-state index < -0.39 is 30.2 Å². The van der Waals surface area contributed by atoms with E-state index in [4.69, 9.17) is 14.9 Å². The molecule has 4 N–H and O–H groups in total. The van der Waals surface area contributed by atoms with Gasteiger partial charge in [0.05, 0.1) is 0 Å². The Labute approximate surface area is 154 Å². The second-order valence-corrected chi connectivity index (χ2v) is 6.07. The van der Waals surface area contributed by atoms with Crippen LogP contribution in [0.1, 0.15) is 17.0 Å². The molecule has 1 amide bonds. The molecule has 2 unspecified atom stereocenters. The molecule has 8 nitrogen and oxygen atoms in total. The van der Waals surface area contributed by atoms with Crippen molar-refractivity contribution in [3.8, 4) is 11.1 Å². The molecule has 1 aliphatic carbocycles. The van der Waals surface area contributed by atoms with E-state index in [1.807, 2.05) is 53.8 Å². The van der Waals surface area contributed by atoms with Crippen LogP contribution < -0.4 is 5.32 Å². The van der Waals surface area contributed by atoms with Gasteiger partial charge in [-0.2, -0.15) is 0 Å². The molecular formula is C19H17NO7. The lowest BCUT2D eigenvalue weighted by Crippen LogP contribution is -2.52. The minimum absolute atomic E-state index is 0.0602. The molecule has 0 bridgehead atoms. The van der Waals surface area contributed by atoms with Crippen LogP contribution in [0, 0.1) is 0 Å². The third kappa shape index (κ3) is 3.61. The van der Waals surface area contributed by atoms with E-state index >= 15 is 0 Å². The van der Waals surface area contributed by atoms with Gasteiger partial charge < -0.3 is 25.4 Å². The highest BCUT2D eigenvalue weighted by atomic mass is 16.5. The maximum Gasteiger partial charge on any atom is 0.407 e. The van der Waals surface area contributed by atoms with Crippen molar-refractivity contribution in [2.24, 2.45) is 0 Å². The van der Waals surface area contributed by atoms with Gasteiger partial charge in [-0.3, -0.25) is 0 Å². The summed E-state index contributed by atoms with van der Waals surface area (Å²) in [5.74, 6) is -3.67.